The third-order valence-corrected chi connectivity index (χ3v) is 2.09. The fourth-order valence-electron chi connectivity index (χ4n) is 1.32. The first-order valence-electron chi connectivity index (χ1n) is 5.17. The van der Waals surface area contributed by atoms with Crippen molar-refractivity contribution >= 4 is 11.6 Å². The van der Waals surface area contributed by atoms with E-state index in [1.807, 2.05) is 6.92 Å². The normalized spacial score (nSPS) is 11.5. The van der Waals surface area contributed by atoms with Gasteiger partial charge in [-0.3, -0.25) is 0 Å². The maximum atomic E-state index is 13.1. The van der Waals surface area contributed by atoms with Gasteiger partial charge in [0, 0.05) is 7.11 Å². The molecule has 2 nitrogen and oxygen atoms in total. The summed E-state index contributed by atoms with van der Waals surface area (Å²) in [6.45, 7) is 2.32. The van der Waals surface area contributed by atoms with E-state index in [0.717, 1.165) is 0 Å². The van der Waals surface area contributed by atoms with E-state index in [4.69, 9.17) is 21.1 Å². The van der Waals surface area contributed by atoms with Gasteiger partial charge in [-0.2, -0.15) is 0 Å². The zero-order valence-corrected chi connectivity index (χ0v) is 10.6. The Hall–Kier alpha value is -1.24. The molecule has 0 saturated carbocycles. The van der Waals surface area contributed by atoms with Crippen molar-refractivity contribution in [3.63, 3.8) is 0 Å². The van der Waals surface area contributed by atoms with E-state index in [0.29, 0.717) is 17.9 Å². The summed E-state index contributed by atoms with van der Waals surface area (Å²) >= 11 is 5.47. The summed E-state index contributed by atoms with van der Waals surface area (Å²) in [4.78, 5) is 0. The average molecular weight is 257 g/mol. The average Bonchev–Trinajstić information content (AvgIpc) is 2.30. The Morgan fingerprint density at radius 2 is 2.24 bits per heavy atom. The lowest BCUT2D eigenvalue weighted by Gasteiger charge is -2.14. The summed E-state index contributed by atoms with van der Waals surface area (Å²) in [5, 5.41) is 0. The molecule has 0 N–H and O–H groups in total. The van der Waals surface area contributed by atoms with Crippen LogP contribution >= 0.6 is 11.6 Å². The molecular formula is C13H14ClFO2. The molecule has 0 aliphatic heterocycles. The molecule has 0 fully saturated rings. The standard InChI is InChI=1S/C13H14ClFO2/c1-10(9-16-2)17-13-6-5-12(15)8-11(13)4-3-7-14/h5-6,8,10H,7,9H2,1-2H3. The molecule has 0 saturated heterocycles. The Kier molecular flexibility index (Phi) is 5.82. The van der Waals surface area contributed by atoms with Crippen LogP contribution in [0.5, 0.6) is 5.75 Å². The largest absolute Gasteiger partial charge is 0.487 e. The van der Waals surface area contributed by atoms with Crippen molar-refractivity contribution in [2.24, 2.45) is 0 Å². The van der Waals surface area contributed by atoms with Crippen molar-refractivity contribution in [2.45, 2.75) is 13.0 Å². The molecular weight excluding hydrogens is 243 g/mol. The van der Waals surface area contributed by atoms with Crippen LogP contribution in [-0.2, 0) is 4.74 Å². The third kappa shape index (κ3) is 4.64. The number of hydrogen-bond donors (Lipinski definition) is 0. The fourth-order valence-corrected chi connectivity index (χ4v) is 1.38. The van der Waals surface area contributed by atoms with Gasteiger partial charge in [0.1, 0.15) is 17.7 Å². The monoisotopic (exact) mass is 256 g/mol. The Labute approximate surface area is 106 Å². The van der Waals surface area contributed by atoms with Crippen molar-refractivity contribution in [1.29, 1.82) is 0 Å². The predicted molar refractivity (Wildman–Crippen MR) is 66.0 cm³/mol. The molecule has 1 rings (SSSR count). The summed E-state index contributed by atoms with van der Waals surface area (Å²) in [7, 11) is 1.60. The van der Waals surface area contributed by atoms with E-state index in [9.17, 15) is 4.39 Å². The fraction of sp³-hybridized carbons (Fsp3) is 0.385. The van der Waals surface area contributed by atoms with Crippen LogP contribution in [0.4, 0.5) is 4.39 Å². The minimum absolute atomic E-state index is 0.123. The topological polar surface area (TPSA) is 18.5 Å². The lowest BCUT2D eigenvalue weighted by molar-refractivity contribution is 0.0918. The number of hydrogen-bond acceptors (Lipinski definition) is 2. The minimum Gasteiger partial charge on any atom is -0.487 e. The first-order chi connectivity index (χ1) is 8.17. The molecule has 1 aromatic rings. The summed E-state index contributed by atoms with van der Waals surface area (Å²) in [5.74, 6) is 5.82. The van der Waals surface area contributed by atoms with Crippen LogP contribution in [0.3, 0.4) is 0 Å². The second-order valence-electron chi connectivity index (χ2n) is 3.46. The Morgan fingerprint density at radius 3 is 2.88 bits per heavy atom. The van der Waals surface area contributed by atoms with Crippen LogP contribution in [0.15, 0.2) is 18.2 Å². The third-order valence-electron chi connectivity index (χ3n) is 1.96. The van der Waals surface area contributed by atoms with Crippen LogP contribution in [0.1, 0.15) is 12.5 Å². The first-order valence-corrected chi connectivity index (χ1v) is 5.70. The summed E-state index contributed by atoms with van der Waals surface area (Å²) < 4.78 is 23.6. The van der Waals surface area contributed by atoms with Gasteiger partial charge in [-0.05, 0) is 25.1 Å². The highest BCUT2D eigenvalue weighted by molar-refractivity contribution is 6.19. The maximum absolute atomic E-state index is 13.1. The maximum Gasteiger partial charge on any atom is 0.135 e. The van der Waals surface area contributed by atoms with Crippen molar-refractivity contribution in [3.8, 4) is 17.6 Å². The summed E-state index contributed by atoms with van der Waals surface area (Å²) in [6, 6.07) is 4.22. The highest BCUT2D eigenvalue weighted by Crippen LogP contribution is 2.20. The molecule has 0 aromatic heterocycles. The lowest BCUT2D eigenvalue weighted by atomic mass is 10.2. The van der Waals surface area contributed by atoms with Crippen LogP contribution in [0, 0.1) is 17.7 Å². The summed E-state index contributed by atoms with van der Waals surface area (Å²) in [6.07, 6.45) is -0.123. The van der Waals surface area contributed by atoms with Crippen LogP contribution in [0.2, 0.25) is 0 Å². The lowest BCUT2D eigenvalue weighted by Crippen LogP contribution is -2.18. The predicted octanol–water partition coefficient (Wildman–Crippen LogP) is 2.83. The van der Waals surface area contributed by atoms with Gasteiger partial charge < -0.3 is 9.47 Å². The Balaban J connectivity index is 2.89. The van der Waals surface area contributed by atoms with Crippen LogP contribution < -0.4 is 4.74 Å². The number of halogens is 2. The SMILES string of the molecule is COCC(C)Oc1ccc(F)cc1C#CCCl. The molecule has 1 unspecified atom stereocenters. The minimum atomic E-state index is -0.351. The van der Waals surface area contributed by atoms with E-state index in [-0.39, 0.29) is 17.8 Å². The Bertz CT molecular complexity index is 423. The molecule has 4 heteroatoms. The Morgan fingerprint density at radius 1 is 1.47 bits per heavy atom. The van der Waals surface area contributed by atoms with E-state index in [1.54, 1.807) is 13.2 Å². The van der Waals surface area contributed by atoms with Gasteiger partial charge in [0.2, 0.25) is 0 Å². The van der Waals surface area contributed by atoms with Crippen molar-refractivity contribution < 1.29 is 13.9 Å². The van der Waals surface area contributed by atoms with E-state index in [2.05, 4.69) is 11.8 Å². The van der Waals surface area contributed by atoms with Gasteiger partial charge in [-0.1, -0.05) is 11.8 Å². The van der Waals surface area contributed by atoms with Crippen molar-refractivity contribution in [2.75, 3.05) is 19.6 Å². The van der Waals surface area contributed by atoms with Gasteiger partial charge >= 0.3 is 0 Å². The molecule has 1 aromatic carbocycles. The number of rotatable bonds is 4. The van der Waals surface area contributed by atoms with Crippen molar-refractivity contribution in [3.05, 3.63) is 29.6 Å². The van der Waals surface area contributed by atoms with E-state index in [1.165, 1.54) is 12.1 Å². The van der Waals surface area contributed by atoms with E-state index >= 15 is 0 Å². The molecule has 0 amide bonds. The number of ether oxygens (including phenoxy) is 2. The molecule has 0 bridgehead atoms. The zero-order valence-electron chi connectivity index (χ0n) is 9.80. The molecule has 0 spiro atoms. The first kappa shape index (κ1) is 13.8. The number of methoxy groups -OCH3 is 1. The van der Waals surface area contributed by atoms with E-state index < -0.39 is 0 Å². The molecule has 1 atom stereocenters. The van der Waals surface area contributed by atoms with Gasteiger partial charge in [-0.25, -0.2) is 4.39 Å². The van der Waals surface area contributed by atoms with Gasteiger partial charge in [0.05, 0.1) is 18.1 Å². The quantitative estimate of drug-likeness (QED) is 0.609. The molecule has 0 radical (unpaired) electrons. The second-order valence-corrected chi connectivity index (χ2v) is 3.73. The molecule has 0 heterocycles. The van der Waals surface area contributed by atoms with Gasteiger partial charge in [0.25, 0.3) is 0 Å². The number of benzene rings is 1. The molecule has 17 heavy (non-hydrogen) atoms. The summed E-state index contributed by atoms with van der Waals surface area (Å²) in [5.41, 5.74) is 0.494. The van der Waals surface area contributed by atoms with Crippen molar-refractivity contribution in [1.82, 2.24) is 0 Å². The smallest absolute Gasteiger partial charge is 0.135 e. The van der Waals surface area contributed by atoms with Crippen LogP contribution in [0.25, 0.3) is 0 Å². The second kappa shape index (κ2) is 7.16. The highest BCUT2D eigenvalue weighted by atomic mass is 35.5. The number of alkyl halides is 1. The zero-order chi connectivity index (χ0) is 12.7. The van der Waals surface area contributed by atoms with Gasteiger partial charge in [-0.15, -0.1) is 11.6 Å². The molecule has 92 valence electrons. The van der Waals surface area contributed by atoms with Gasteiger partial charge in [0.15, 0.2) is 0 Å². The van der Waals surface area contributed by atoms with Crippen LogP contribution in [-0.4, -0.2) is 25.7 Å². The molecule has 0 aliphatic carbocycles. The molecule has 0 aliphatic rings. The highest BCUT2D eigenvalue weighted by Gasteiger charge is 2.08.